The zero-order chi connectivity index (χ0) is 22.6. The number of aliphatic carboxylic acids is 2. The zero-order valence-electron chi connectivity index (χ0n) is 17.2. The summed E-state index contributed by atoms with van der Waals surface area (Å²) in [6, 6.07) is 6.04. The number of carbonyl (C=O) groups excluding carboxylic acids is 1. The monoisotopic (exact) mass is 437 g/mol. The van der Waals surface area contributed by atoms with Crippen LogP contribution in [-0.4, -0.2) is 48.1 Å². The molecule has 0 spiro atoms. The lowest BCUT2D eigenvalue weighted by molar-refractivity contribution is -0.163. The van der Waals surface area contributed by atoms with E-state index in [4.69, 9.17) is 5.73 Å². The number of nitrogens with two attached hydrogens (primary N) is 1. The smallest absolute Gasteiger partial charge is 0.311 e. The number of rotatable bonds is 8. The van der Waals surface area contributed by atoms with Crippen LogP contribution in [0.3, 0.4) is 0 Å². The summed E-state index contributed by atoms with van der Waals surface area (Å²) >= 11 is 0. The molecule has 3 rings (SSSR count). The molecule has 0 radical (unpaired) electrons. The van der Waals surface area contributed by atoms with E-state index in [9.17, 15) is 33.0 Å². The Kier molecular flexibility index (Phi) is 5.35. The van der Waals surface area contributed by atoms with Gasteiger partial charge in [0.2, 0.25) is 0 Å². The number of ketones is 1. The zero-order valence-corrected chi connectivity index (χ0v) is 18.0. The normalized spacial score (nSPS) is 34.9. The van der Waals surface area contributed by atoms with Gasteiger partial charge >= 0.3 is 11.9 Å². The number of benzene rings is 1. The van der Waals surface area contributed by atoms with E-state index in [1.54, 1.807) is 32.9 Å². The van der Waals surface area contributed by atoms with E-state index in [0.717, 1.165) is 5.56 Å². The van der Waals surface area contributed by atoms with Crippen molar-refractivity contribution in [1.29, 1.82) is 0 Å². The van der Waals surface area contributed by atoms with E-state index in [-0.39, 0.29) is 17.7 Å². The Labute approximate surface area is 175 Å². The molecule has 30 heavy (non-hydrogen) atoms. The third-order valence-electron chi connectivity index (χ3n) is 7.49. The maximum atomic E-state index is 13.7. The molecule has 0 aromatic heterocycles. The highest BCUT2D eigenvalue weighted by atomic mass is 32.2. The summed E-state index contributed by atoms with van der Waals surface area (Å²) in [5.41, 5.74) is 3.28. The van der Waals surface area contributed by atoms with E-state index >= 15 is 0 Å². The molecule has 9 heteroatoms. The van der Waals surface area contributed by atoms with Gasteiger partial charge in [0.1, 0.15) is 0 Å². The molecule has 4 N–H and O–H groups in total. The van der Waals surface area contributed by atoms with Gasteiger partial charge in [0, 0.05) is 5.41 Å². The Morgan fingerprint density at radius 3 is 2.00 bits per heavy atom. The Morgan fingerprint density at radius 2 is 1.60 bits per heavy atom. The van der Waals surface area contributed by atoms with Gasteiger partial charge in [-0.05, 0) is 37.8 Å². The predicted octanol–water partition coefficient (Wildman–Crippen LogP) is 1.50. The number of aryl methyl sites for hydroxylation is 1. The molecule has 2 saturated carbocycles. The van der Waals surface area contributed by atoms with Gasteiger partial charge in [-0.15, -0.1) is 0 Å². The fraction of sp³-hybridized carbons (Fsp3) is 0.571. The maximum absolute atomic E-state index is 13.7. The molecule has 8 nitrogen and oxygen atoms in total. The third kappa shape index (κ3) is 2.54. The van der Waals surface area contributed by atoms with Crippen molar-refractivity contribution < 1.29 is 33.0 Å². The van der Waals surface area contributed by atoms with Crippen molar-refractivity contribution in [2.75, 3.05) is 6.54 Å². The minimum Gasteiger partial charge on any atom is -0.481 e. The number of sulfone groups is 1. The number of hydrogen-bond acceptors (Lipinski definition) is 6. The van der Waals surface area contributed by atoms with Gasteiger partial charge in [0.15, 0.2) is 15.6 Å². The lowest BCUT2D eigenvalue weighted by Gasteiger charge is -2.40. The second kappa shape index (κ2) is 7.16. The SMILES string of the molecule is CCC1(C(=O)O)C(C(=O)CN)C(S(=O)(=O)c2ccc(C)cc2)C2C(C(=O)O)C21CC. The van der Waals surface area contributed by atoms with Gasteiger partial charge in [-0.2, -0.15) is 0 Å². The van der Waals surface area contributed by atoms with E-state index in [0.29, 0.717) is 0 Å². The summed E-state index contributed by atoms with van der Waals surface area (Å²) in [5, 5.41) is 18.7. The summed E-state index contributed by atoms with van der Waals surface area (Å²) < 4.78 is 27.4. The second-order valence-electron chi connectivity index (χ2n) is 8.34. The fourth-order valence-corrected chi connectivity index (χ4v) is 8.68. The number of hydrogen-bond donors (Lipinski definition) is 3. The van der Waals surface area contributed by atoms with E-state index in [1.807, 2.05) is 0 Å². The fourth-order valence-electron chi connectivity index (χ4n) is 6.32. The van der Waals surface area contributed by atoms with Crippen LogP contribution in [0.1, 0.15) is 32.3 Å². The van der Waals surface area contributed by atoms with Crippen molar-refractivity contribution in [3.05, 3.63) is 29.8 Å². The molecule has 0 aliphatic heterocycles. The average Bonchev–Trinajstić information content (AvgIpc) is 3.29. The Morgan fingerprint density at radius 1 is 1.03 bits per heavy atom. The van der Waals surface area contributed by atoms with Crippen LogP contribution in [0.15, 0.2) is 29.2 Å². The van der Waals surface area contributed by atoms with Gasteiger partial charge < -0.3 is 15.9 Å². The minimum absolute atomic E-state index is 0.0498. The first-order valence-electron chi connectivity index (χ1n) is 9.98. The van der Waals surface area contributed by atoms with Crippen LogP contribution in [-0.2, 0) is 24.2 Å². The van der Waals surface area contributed by atoms with Crippen LogP contribution in [0, 0.1) is 35.5 Å². The lowest BCUT2D eigenvalue weighted by Crippen LogP contribution is -2.53. The number of fused-ring (bicyclic) bond motifs is 1. The average molecular weight is 438 g/mol. The summed E-state index contributed by atoms with van der Waals surface area (Å²) in [7, 11) is -4.20. The first-order chi connectivity index (χ1) is 14.0. The number of Topliss-reactive ketones (excluding diaryl/α,β-unsaturated/α-hetero) is 1. The quantitative estimate of drug-likeness (QED) is 0.553. The Hall–Kier alpha value is -2.26. The highest BCUT2D eigenvalue weighted by Crippen LogP contribution is 2.81. The molecule has 164 valence electrons. The van der Waals surface area contributed by atoms with Crippen molar-refractivity contribution in [2.24, 2.45) is 34.3 Å². The molecule has 1 aromatic rings. The summed E-state index contributed by atoms with van der Waals surface area (Å²) in [6.07, 6.45) is 0.0792. The largest absolute Gasteiger partial charge is 0.481 e. The predicted molar refractivity (Wildman–Crippen MR) is 107 cm³/mol. The molecular weight excluding hydrogens is 410 g/mol. The second-order valence-corrected chi connectivity index (χ2v) is 10.4. The highest BCUT2D eigenvalue weighted by molar-refractivity contribution is 7.92. The van der Waals surface area contributed by atoms with Gasteiger partial charge in [0.05, 0.1) is 33.9 Å². The topological polar surface area (TPSA) is 152 Å². The van der Waals surface area contributed by atoms with Crippen molar-refractivity contribution >= 4 is 27.6 Å². The molecule has 2 fully saturated rings. The maximum Gasteiger partial charge on any atom is 0.311 e. The van der Waals surface area contributed by atoms with Gasteiger partial charge in [-0.3, -0.25) is 14.4 Å². The molecule has 6 unspecified atom stereocenters. The van der Waals surface area contributed by atoms with Gasteiger partial charge in [-0.1, -0.05) is 31.5 Å². The van der Waals surface area contributed by atoms with Gasteiger partial charge in [-0.25, -0.2) is 8.42 Å². The molecule has 2 aliphatic carbocycles. The number of carboxylic acids is 2. The molecule has 6 atom stereocenters. The third-order valence-corrected chi connectivity index (χ3v) is 9.70. The van der Waals surface area contributed by atoms with E-state index in [2.05, 4.69) is 0 Å². The molecule has 0 amide bonds. The van der Waals surface area contributed by atoms with Crippen LogP contribution in [0.4, 0.5) is 0 Å². The first-order valence-corrected chi connectivity index (χ1v) is 11.5. The lowest BCUT2D eigenvalue weighted by atomic mass is 9.62. The molecule has 2 aliphatic rings. The van der Waals surface area contributed by atoms with E-state index < -0.39 is 67.9 Å². The number of carbonyl (C=O) groups is 3. The summed E-state index contributed by atoms with van der Waals surface area (Å²) in [4.78, 5) is 37.6. The van der Waals surface area contributed by atoms with Crippen LogP contribution in [0.2, 0.25) is 0 Å². The van der Waals surface area contributed by atoms with Crippen LogP contribution < -0.4 is 5.73 Å². The van der Waals surface area contributed by atoms with Crippen molar-refractivity contribution in [3.8, 4) is 0 Å². The highest BCUT2D eigenvalue weighted by Gasteiger charge is 2.89. The molecule has 1 aromatic carbocycles. The Bertz CT molecular complexity index is 1000. The summed E-state index contributed by atoms with van der Waals surface area (Å²) in [6.45, 7) is 4.51. The molecular formula is C21H27NO7S. The van der Waals surface area contributed by atoms with Crippen LogP contribution in [0.5, 0.6) is 0 Å². The first kappa shape index (κ1) is 22.4. The standard InChI is InChI=1S/C21H27NO7S/c1-4-20-15(16(20)18(24)25)17(30(28,29)12-8-6-11(3)7-9-12)14(13(23)10-22)21(20,5-2)19(26)27/h6-9,14-17H,4-5,10,22H2,1-3H3,(H,24,25)(H,26,27). The van der Waals surface area contributed by atoms with Crippen molar-refractivity contribution in [2.45, 2.75) is 43.8 Å². The van der Waals surface area contributed by atoms with Crippen LogP contribution >= 0.6 is 0 Å². The van der Waals surface area contributed by atoms with Crippen molar-refractivity contribution in [1.82, 2.24) is 0 Å². The summed E-state index contributed by atoms with van der Waals surface area (Å²) in [5.74, 6) is -6.76. The van der Waals surface area contributed by atoms with E-state index in [1.165, 1.54) is 12.1 Å². The molecule has 0 saturated heterocycles. The van der Waals surface area contributed by atoms with Crippen molar-refractivity contribution in [3.63, 3.8) is 0 Å². The Balaban J connectivity index is 2.33. The molecule has 0 bridgehead atoms. The molecule has 0 heterocycles. The van der Waals surface area contributed by atoms with Gasteiger partial charge in [0.25, 0.3) is 0 Å². The van der Waals surface area contributed by atoms with Crippen LogP contribution in [0.25, 0.3) is 0 Å². The number of carboxylic acid groups (broad SMARTS) is 2. The minimum atomic E-state index is -4.20.